The van der Waals surface area contributed by atoms with E-state index in [1.807, 2.05) is 19.1 Å². The summed E-state index contributed by atoms with van der Waals surface area (Å²) in [6, 6.07) is 12.0. The molecule has 3 aromatic rings. The molecule has 8 nitrogen and oxygen atoms in total. The van der Waals surface area contributed by atoms with Gasteiger partial charge >= 0.3 is 0 Å². The van der Waals surface area contributed by atoms with Gasteiger partial charge in [-0.3, -0.25) is 15.6 Å². The van der Waals surface area contributed by atoms with Crippen molar-refractivity contribution in [1.82, 2.24) is 20.4 Å². The first-order valence-electron chi connectivity index (χ1n) is 7.66. The van der Waals surface area contributed by atoms with Crippen molar-refractivity contribution in [2.24, 2.45) is 0 Å². The summed E-state index contributed by atoms with van der Waals surface area (Å²) in [5, 5.41) is 3.58. The zero-order valence-electron chi connectivity index (χ0n) is 13.8. The van der Waals surface area contributed by atoms with Crippen LogP contribution in [0.15, 0.2) is 48.8 Å². The van der Waals surface area contributed by atoms with Crippen LogP contribution in [-0.4, -0.2) is 20.9 Å². The van der Waals surface area contributed by atoms with Gasteiger partial charge in [0.15, 0.2) is 11.6 Å². The number of nitrogen functional groups attached to an aromatic ring is 1. The lowest BCUT2D eigenvalue weighted by molar-refractivity contribution is 0.0962. The summed E-state index contributed by atoms with van der Waals surface area (Å²) >= 11 is 5.81. The number of hydrogen-bond donors (Lipinski definition) is 4. The molecule has 1 amide bonds. The van der Waals surface area contributed by atoms with Gasteiger partial charge < -0.3 is 11.1 Å². The number of aryl methyl sites for hydroxylation is 1. The third-order valence-corrected chi connectivity index (χ3v) is 3.67. The van der Waals surface area contributed by atoms with Crippen LogP contribution in [0, 0.1) is 6.92 Å². The van der Waals surface area contributed by atoms with E-state index in [1.165, 1.54) is 6.33 Å². The van der Waals surface area contributed by atoms with Crippen LogP contribution in [-0.2, 0) is 0 Å². The average molecular weight is 370 g/mol. The van der Waals surface area contributed by atoms with E-state index in [4.69, 9.17) is 17.3 Å². The quantitative estimate of drug-likeness (QED) is 0.510. The first-order chi connectivity index (χ1) is 12.5. The number of carbonyl (C=O) groups excluding carboxylic acids is 1. The summed E-state index contributed by atoms with van der Waals surface area (Å²) in [4.78, 5) is 24.6. The highest BCUT2D eigenvalue weighted by atomic mass is 35.5. The van der Waals surface area contributed by atoms with Crippen LogP contribution in [0.4, 0.5) is 23.1 Å². The molecule has 2 heterocycles. The summed E-state index contributed by atoms with van der Waals surface area (Å²) in [5.41, 5.74) is 12.8. The Morgan fingerprint density at radius 3 is 2.54 bits per heavy atom. The molecule has 5 N–H and O–H groups in total. The molecule has 0 radical (unpaired) electrons. The number of anilines is 4. The van der Waals surface area contributed by atoms with Gasteiger partial charge in [0.2, 0.25) is 0 Å². The molecular formula is C17H16ClN7O. The van der Waals surface area contributed by atoms with Crippen LogP contribution in [0.25, 0.3) is 0 Å². The van der Waals surface area contributed by atoms with E-state index < -0.39 is 0 Å². The molecule has 9 heteroatoms. The topological polar surface area (TPSA) is 118 Å². The minimum atomic E-state index is -0.352. The molecule has 3 rings (SSSR count). The van der Waals surface area contributed by atoms with Crippen molar-refractivity contribution in [3.8, 4) is 0 Å². The van der Waals surface area contributed by atoms with E-state index in [2.05, 4.69) is 31.1 Å². The second kappa shape index (κ2) is 7.66. The fraction of sp³-hybridized carbons (Fsp3) is 0.0588. The third kappa shape index (κ3) is 4.17. The van der Waals surface area contributed by atoms with Gasteiger partial charge in [-0.2, -0.15) is 0 Å². The van der Waals surface area contributed by atoms with Crippen molar-refractivity contribution in [2.75, 3.05) is 16.5 Å². The van der Waals surface area contributed by atoms with Gasteiger partial charge in [-0.25, -0.2) is 15.0 Å². The lowest BCUT2D eigenvalue weighted by Crippen LogP contribution is -2.30. The predicted molar refractivity (Wildman–Crippen MR) is 101 cm³/mol. The van der Waals surface area contributed by atoms with Crippen molar-refractivity contribution in [2.45, 2.75) is 6.92 Å². The van der Waals surface area contributed by atoms with Gasteiger partial charge in [-0.05, 0) is 43.3 Å². The largest absolute Gasteiger partial charge is 0.393 e. The number of halogens is 1. The number of benzene rings is 1. The van der Waals surface area contributed by atoms with E-state index in [-0.39, 0.29) is 17.4 Å². The Balaban J connectivity index is 1.70. The minimum Gasteiger partial charge on any atom is -0.393 e. The number of nitrogens with two attached hydrogens (primary N) is 1. The number of amides is 1. The first-order valence-corrected chi connectivity index (χ1v) is 8.04. The highest BCUT2D eigenvalue weighted by Crippen LogP contribution is 2.24. The van der Waals surface area contributed by atoms with Gasteiger partial charge in [-0.1, -0.05) is 17.7 Å². The summed E-state index contributed by atoms with van der Waals surface area (Å²) in [7, 11) is 0. The van der Waals surface area contributed by atoms with E-state index in [1.54, 1.807) is 30.3 Å². The van der Waals surface area contributed by atoms with Gasteiger partial charge in [0, 0.05) is 16.3 Å². The Hall–Kier alpha value is -3.39. The van der Waals surface area contributed by atoms with Crippen molar-refractivity contribution >= 4 is 40.6 Å². The number of pyridine rings is 1. The van der Waals surface area contributed by atoms with Crippen LogP contribution in [0.2, 0.25) is 5.02 Å². The number of aromatic nitrogens is 3. The molecule has 132 valence electrons. The standard InChI is InChI=1S/C17H16ClN7O/c1-10-3-2-4-13(22-10)23-15-14(19)16(21-9-20-15)24-25-17(26)11-5-7-12(18)8-6-11/h2-9H,19H2,1H3,(H,25,26)(H2,20,21,22,23,24). The lowest BCUT2D eigenvalue weighted by Gasteiger charge is -2.13. The molecule has 0 aliphatic heterocycles. The predicted octanol–water partition coefficient (Wildman–Crippen LogP) is 2.92. The Kier molecular flexibility index (Phi) is 5.14. The highest BCUT2D eigenvalue weighted by Gasteiger charge is 2.11. The third-order valence-electron chi connectivity index (χ3n) is 3.42. The fourth-order valence-electron chi connectivity index (χ4n) is 2.12. The molecule has 2 aromatic heterocycles. The van der Waals surface area contributed by atoms with Crippen molar-refractivity contribution in [3.05, 3.63) is 65.1 Å². The molecule has 0 fully saturated rings. The van der Waals surface area contributed by atoms with E-state index in [0.29, 0.717) is 22.2 Å². The zero-order chi connectivity index (χ0) is 18.5. The van der Waals surface area contributed by atoms with Gasteiger partial charge in [0.1, 0.15) is 17.8 Å². The van der Waals surface area contributed by atoms with Crippen LogP contribution in [0.5, 0.6) is 0 Å². The molecule has 0 aliphatic carbocycles. The molecule has 0 saturated heterocycles. The summed E-state index contributed by atoms with van der Waals surface area (Å²) in [5.74, 6) is 0.889. The zero-order valence-corrected chi connectivity index (χ0v) is 14.6. The Bertz CT molecular complexity index is 931. The molecular weight excluding hydrogens is 354 g/mol. The van der Waals surface area contributed by atoms with Crippen LogP contribution >= 0.6 is 11.6 Å². The SMILES string of the molecule is Cc1cccc(Nc2ncnc(NNC(=O)c3ccc(Cl)cc3)c2N)n1. The average Bonchev–Trinajstić information content (AvgIpc) is 2.63. The van der Waals surface area contributed by atoms with Crippen molar-refractivity contribution < 1.29 is 4.79 Å². The molecule has 26 heavy (non-hydrogen) atoms. The number of carbonyl (C=O) groups is 1. The van der Waals surface area contributed by atoms with Gasteiger partial charge in [-0.15, -0.1) is 0 Å². The van der Waals surface area contributed by atoms with Gasteiger partial charge in [0.25, 0.3) is 5.91 Å². The fourth-order valence-corrected chi connectivity index (χ4v) is 2.24. The smallest absolute Gasteiger partial charge is 0.269 e. The first kappa shape index (κ1) is 17.4. The summed E-state index contributed by atoms with van der Waals surface area (Å²) in [6.45, 7) is 1.88. The number of hydrogen-bond acceptors (Lipinski definition) is 7. The maximum absolute atomic E-state index is 12.1. The van der Waals surface area contributed by atoms with Crippen LogP contribution in [0.3, 0.4) is 0 Å². The van der Waals surface area contributed by atoms with Crippen LogP contribution in [0.1, 0.15) is 16.1 Å². The molecule has 0 spiro atoms. The monoisotopic (exact) mass is 369 g/mol. The summed E-state index contributed by atoms with van der Waals surface area (Å²) in [6.07, 6.45) is 1.32. The minimum absolute atomic E-state index is 0.243. The molecule has 0 saturated carbocycles. The van der Waals surface area contributed by atoms with Crippen molar-refractivity contribution in [3.63, 3.8) is 0 Å². The van der Waals surface area contributed by atoms with E-state index >= 15 is 0 Å². The van der Waals surface area contributed by atoms with E-state index in [0.717, 1.165) is 5.69 Å². The van der Waals surface area contributed by atoms with Crippen LogP contribution < -0.4 is 21.9 Å². The highest BCUT2D eigenvalue weighted by molar-refractivity contribution is 6.30. The number of rotatable bonds is 5. The Morgan fingerprint density at radius 1 is 1.08 bits per heavy atom. The normalized spacial score (nSPS) is 10.2. The molecule has 0 aliphatic rings. The Morgan fingerprint density at radius 2 is 1.81 bits per heavy atom. The van der Waals surface area contributed by atoms with Gasteiger partial charge in [0.05, 0.1) is 0 Å². The molecule has 0 atom stereocenters. The Labute approximate surface area is 154 Å². The lowest BCUT2D eigenvalue weighted by atomic mass is 10.2. The molecule has 0 unspecified atom stereocenters. The second-order valence-electron chi connectivity index (χ2n) is 5.36. The maximum Gasteiger partial charge on any atom is 0.269 e. The second-order valence-corrected chi connectivity index (χ2v) is 5.80. The number of nitrogens with zero attached hydrogens (tertiary/aromatic N) is 3. The molecule has 1 aromatic carbocycles. The van der Waals surface area contributed by atoms with E-state index in [9.17, 15) is 4.79 Å². The number of hydrazine groups is 1. The van der Waals surface area contributed by atoms with Crippen molar-refractivity contribution in [1.29, 1.82) is 0 Å². The summed E-state index contributed by atoms with van der Waals surface area (Å²) < 4.78 is 0. The molecule has 0 bridgehead atoms. The number of nitrogens with one attached hydrogen (secondary N) is 3. The maximum atomic E-state index is 12.1.